The molecular weight excluding hydrogens is 150 g/mol. The van der Waals surface area contributed by atoms with Crippen molar-refractivity contribution in [1.82, 2.24) is 0 Å². The molecule has 66 valence electrons. The first-order chi connectivity index (χ1) is 5.92. The topological polar surface area (TPSA) is 32.6 Å². The van der Waals surface area contributed by atoms with E-state index in [9.17, 15) is 0 Å². The Morgan fingerprint density at radius 1 is 0.917 bits per heavy atom. The van der Waals surface area contributed by atoms with E-state index in [1.54, 1.807) is 5.57 Å². The summed E-state index contributed by atoms with van der Waals surface area (Å²) in [4.78, 5) is 0. The molecule has 2 aliphatic rings. The second-order valence-corrected chi connectivity index (χ2v) is 3.69. The fourth-order valence-electron chi connectivity index (χ4n) is 2.32. The van der Waals surface area contributed by atoms with Crippen LogP contribution in [0, 0.1) is 0 Å². The van der Waals surface area contributed by atoms with E-state index in [1.165, 1.54) is 37.7 Å². The molecule has 2 aliphatic carbocycles. The summed E-state index contributed by atoms with van der Waals surface area (Å²) >= 11 is 0. The maximum Gasteiger partial charge on any atom is 0.0827 e. The van der Waals surface area contributed by atoms with Crippen LogP contribution < -0.4 is 0 Å². The minimum absolute atomic E-state index is 0.965. The van der Waals surface area contributed by atoms with E-state index in [2.05, 4.69) is 5.16 Å². The van der Waals surface area contributed by atoms with Gasteiger partial charge in [0.05, 0.1) is 5.71 Å². The van der Waals surface area contributed by atoms with Gasteiger partial charge in [-0.2, -0.15) is 0 Å². The molecule has 0 radical (unpaired) electrons. The zero-order chi connectivity index (χ0) is 8.39. The molecule has 2 saturated carbocycles. The van der Waals surface area contributed by atoms with Gasteiger partial charge in [0.2, 0.25) is 0 Å². The first-order valence-electron chi connectivity index (χ1n) is 4.84. The van der Waals surface area contributed by atoms with Crippen molar-refractivity contribution >= 4 is 5.71 Å². The van der Waals surface area contributed by atoms with Crippen LogP contribution in [0.15, 0.2) is 16.3 Å². The van der Waals surface area contributed by atoms with Crippen molar-refractivity contribution in [3.05, 3.63) is 11.1 Å². The number of allylic oxidation sites excluding steroid dienone is 2. The van der Waals surface area contributed by atoms with Gasteiger partial charge in [0.25, 0.3) is 0 Å². The number of oxime groups is 1. The molecule has 0 aliphatic heterocycles. The van der Waals surface area contributed by atoms with Crippen molar-refractivity contribution < 1.29 is 5.21 Å². The molecule has 0 amide bonds. The third-order valence-corrected chi connectivity index (χ3v) is 2.94. The van der Waals surface area contributed by atoms with Crippen molar-refractivity contribution in [1.29, 1.82) is 0 Å². The third-order valence-electron chi connectivity index (χ3n) is 2.94. The molecule has 0 aromatic carbocycles. The second kappa shape index (κ2) is 3.30. The maximum atomic E-state index is 8.75. The van der Waals surface area contributed by atoms with Gasteiger partial charge < -0.3 is 5.21 Å². The lowest BCUT2D eigenvalue weighted by Gasteiger charge is -2.02. The normalized spacial score (nSPS) is 27.5. The molecule has 2 nitrogen and oxygen atoms in total. The van der Waals surface area contributed by atoms with Crippen molar-refractivity contribution in [2.45, 2.75) is 44.9 Å². The molecule has 0 atom stereocenters. The van der Waals surface area contributed by atoms with Crippen LogP contribution >= 0.6 is 0 Å². The van der Waals surface area contributed by atoms with Crippen LogP contribution in [0.1, 0.15) is 44.9 Å². The first kappa shape index (κ1) is 7.84. The van der Waals surface area contributed by atoms with Crippen molar-refractivity contribution in [3.8, 4) is 0 Å². The Labute approximate surface area is 73.0 Å². The van der Waals surface area contributed by atoms with Crippen molar-refractivity contribution in [2.24, 2.45) is 5.16 Å². The summed E-state index contributed by atoms with van der Waals surface area (Å²) in [6, 6.07) is 0. The van der Waals surface area contributed by atoms with E-state index in [0.717, 1.165) is 18.6 Å². The van der Waals surface area contributed by atoms with E-state index in [0.29, 0.717) is 0 Å². The number of rotatable bonds is 0. The highest BCUT2D eigenvalue weighted by Crippen LogP contribution is 2.33. The average Bonchev–Trinajstić information content (AvgIpc) is 2.74. The van der Waals surface area contributed by atoms with E-state index < -0.39 is 0 Å². The van der Waals surface area contributed by atoms with E-state index in [-0.39, 0.29) is 0 Å². The summed E-state index contributed by atoms with van der Waals surface area (Å²) < 4.78 is 0. The highest BCUT2D eigenvalue weighted by atomic mass is 16.4. The van der Waals surface area contributed by atoms with E-state index >= 15 is 0 Å². The van der Waals surface area contributed by atoms with Gasteiger partial charge in [0.15, 0.2) is 0 Å². The standard InChI is InChI=1S/C10H15NO/c12-11-10-7-3-6-9(10)8-4-1-2-5-8/h12H,1-7H2. The van der Waals surface area contributed by atoms with Crippen LogP contribution in [-0.4, -0.2) is 10.9 Å². The summed E-state index contributed by atoms with van der Waals surface area (Å²) in [7, 11) is 0. The van der Waals surface area contributed by atoms with Crippen LogP contribution in [0.2, 0.25) is 0 Å². The molecule has 0 spiro atoms. The minimum Gasteiger partial charge on any atom is -0.411 e. The summed E-state index contributed by atoms with van der Waals surface area (Å²) in [5, 5.41) is 12.1. The molecule has 2 rings (SSSR count). The second-order valence-electron chi connectivity index (χ2n) is 3.69. The molecule has 12 heavy (non-hydrogen) atoms. The quantitative estimate of drug-likeness (QED) is 0.434. The molecular formula is C10H15NO. The molecule has 0 unspecified atom stereocenters. The summed E-state index contributed by atoms with van der Waals surface area (Å²) in [6.07, 6.45) is 8.46. The highest BCUT2D eigenvalue weighted by Gasteiger charge is 2.21. The molecule has 0 aromatic heterocycles. The van der Waals surface area contributed by atoms with E-state index in [1.807, 2.05) is 0 Å². The van der Waals surface area contributed by atoms with Crippen LogP contribution in [0.4, 0.5) is 0 Å². The monoisotopic (exact) mass is 165 g/mol. The van der Waals surface area contributed by atoms with Crippen molar-refractivity contribution in [2.75, 3.05) is 0 Å². The average molecular weight is 165 g/mol. The molecule has 0 aromatic rings. The van der Waals surface area contributed by atoms with Gasteiger partial charge in [-0.15, -0.1) is 0 Å². The molecule has 2 fully saturated rings. The minimum atomic E-state index is 0.965. The molecule has 1 N–H and O–H groups in total. The fourth-order valence-corrected chi connectivity index (χ4v) is 2.32. The first-order valence-corrected chi connectivity index (χ1v) is 4.84. The van der Waals surface area contributed by atoms with E-state index in [4.69, 9.17) is 5.21 Å². The van der Waals surface area contributed by atoms with Crippen molar-refractivity contribution in [3.63, 3.8) is 0 Å². The largest absolute Gasteiger partial charge is 0.411 e. The molecule has 0 heterocycles. The Morgan fingerprint density at radius 2 is 1.67 bits per heavy atom. The van der Waals surface area contributed by atoms with Crippen LogP contribution in [0.5, 0.6) is 0 Å². The Morgan fingerprint density at radius 3 is 2.33 bits per heavy atom. The Balaban J connectivity index is 2.25. The Bertz CT molecular complexity index is 232. The lowest BCUT2D eigenvalue weighted by atomic mass is 10.0. The summed E-state index contributed by atoms with van der Waals surface area (Å²) in [5.41, 5.74) is 3.92. The Kier molecular flexibility index (Phi) is 2.15. The Hall–Kier alpha value is -0.790. The zero-order valence-corrected chi connectivity index (χ0v) is 7.34. The lowest BCUT2D eigenvalue weighted by Crippen LogP contribution is -1.96. The SMILES string of the molecule is ON=C1CCCC1=C1CCCC1. The number of hydrogen-bond donors (Lipinski definition) is 1. The number of hydrogen-bond acceptors (Lipinski definition) is 2. The van der Waals surface area contributed by atoms with Gasteiger partial charge in [-0.1, -0.05) is 10.7 Å². The van der Waals surface area contributed by atoms with Crippen LogP contribution in [0.25, 0.3) is 0 Å². The smallest absolute Gasteiger partial charge is 0.0827 e. The summed E-state index contributed by atoms with van der Waals surface area (Å²) in [6.45, 7) is 0. The predicted molar refractivity (Wildman–Crippen MR) is 48.6 cm³/mol. The van der Waals surface area contributed by atoms with Gasteiger partial charge in [0.1, 0.15) is 0 Å². The number of nitrogens with zero attached hydrogens (tertiary/aromatic N) is 1. The van der Waals surface area contributed by atoms with Gasteiger partial charge in [-0.25, -0.2) is 0 Å². The third kappa shape index (κ3) is 1.26. The maximum absolute atomic E-state index is 8.75. The molecule has 2 heteroatoms. The van der Waals surface area contributed by atoms with Crippen LogP contribution in [0.3, 0.4) is 0 Å². The molecule has 0 bridgehead atoms. The predicted octanol–water partition coefficient (Wildman–Crippen LogP) is 2.87. The van der Waals surface area contributed by atoms with Gasteiger partial charge in [0, 0.05) is 0 Å². The zero-order valence-electron chi connectivity index (χ0n) is 7.34. The van der Waals surface area contributed by atoms with Gasteiger partial charge in [-0.05, 0) is 50.5 Å². The highest BCUT2D eigenvalue weighted by molar-refractivity contribution is 6.02. The summed E-state index contributed by atoms with van der Waals surface area (Å²) in [5.74, 6) is 0. The molecule has 0 saturated heterocycles. The fraction of sp³-hybridized carbons (Fsp3) is 0.700. The van der Waals surface area contributed by atoms with Crippen LogP contribution in [-0.2, 0) is 0 Å². The van der Waals surface area contributed by atoms with Gasteiger partial charge >= 0.3 is 0 Å². The lowest BCUT2D eigenvalue weighted by molar-refractivity contribution is 0.318. The van der Waals surface area contributed by atoms with Gasteiger partial charge in [-0.3, -0.25) is 0 Å².